The number of fused-ring (bicyclic) bond motifs is 1. The number of hydrogen-bond acceptors (Lipinski definition) is 2. The van der Waals surface area contributed by atoms with E-state index in [1.165, 1.54) is 0 Å². The number of likely N-dealkylation sites (N-methyl/N-ethyl adjacent to an activating group) is 1. The number of amides is 1. The first kappa shape index (κ1) is 18.0. The van der Waals surface area contributed by atoms with Crippen molar-refractivity contribution in [2.24, 2.45) is 0 Å². The van der Waals surface area contributed by atoms with Crippen LogP contribution in [0.2, 0.25) is 0 Å². The Morgan fingerprint density at radius 3 is 2.54 bits per heavy atom. The van der Waals surface area contributed by atoms with Crippen molar-refractivity contribution < 1.29 is 13.6 Å². The molecule has 3 nitrogen and oxygen atoms in total. The highest BCUT2D eigenvalue weighted by atomic mass is 19.1. The summed E-state index contributed by atoms with van der Waals surface area (Å²) < 4.78 is 26.9. The number of rotatable bonds is 5. The Balaban J connectivity index is 1.68. The van der Waals surface area contributed by atoms with Crippen molar-refractivity contribution in [3.8, 4) is 0 Å². The molecular weight excluding hydrogens is 334 g/mol. The molecule has 0 saturated heterocycles. The summed E-state index contributed by atoms with van der Waals surface area (Å²) in [7, 11) is 1.82. The smallest absolute Gasteiger partial charge is 0.241 e. The van der Waals surface area contributed by atoms with Gasteiger partial charge in [-0.15, -0.1) is 0 Å². The number of anilines is 1. The highest BCUT2D eigenvalue weighted by Crippen LogP contribution is 2.19. The Morgan fingerprint density at radius 1 is 1.04 bits per heavy atom. The number of nitrogens with one attached hydrogen (secondary N) is 1. The molecule has 134 valence electrons. The van der Waals surface area contributed by atoms with E-state index in [1.807, 2.05) is 48.3 Å². The van der Waals surface area contributed by atoms with E-state index in [-0.39, 0.29) is 5.69 Å². The van der Waals surface area contributed by atoms with Gasteiger partial charge in [0, 0.05) is 12.6 Å². The standard InChI is InChI=1S/C21H20F2N2O/c1-14(21(26)24-20-12-18(22)9-10-19(20)23)25(2)13-15-7-8-16-5-3-4-6-17(16)11-15/h3-12,14H,13H2,1-2H3,(H,24,26)/t14-/m1/s1. The van der Waals surface area contributed by atoms with Crippen LogP contribution in [0.1, 0.15) is 12.5 Å². The summed E-state index contributed by atoms with van der Waals surface area (Å²) in [6.45, 7) is 2.29. The minimum atomic E-state index is -0.663. The lowest BCUT2D eigenvalue weighted by atomic mass is 10.1. The number of nitrogens with zero attached hydrogens (tertiary/aromatic N) is 1. The lowest BCUT2D eigenvalue weighted by Crippen LogP contribution is -2.39. The molecule has 0 heterocycles. The highest BCUT2D eigenvalue weighted by molar-refractivity contribution is 5.94. The summed E-state index contributed by atoms with van der Waals surface area (Å²) >= 11 is 0. The third-order valence-electron chi connectivity index (χ3n) is 4.47. The molecule has 5 heteroatoms. The van der Waals surface area contributed by atoms with E-state index < -0.39 is 23.6 Å². The second-order valence-electron chi connectivity index (χ2n) is 6.39. The summed E-state index contributed by atoms with van der Waals surface area (Å²) in [5.74, 6) is -1.65. The molecule has 0 radical (unpaired) electrons. The van der Waals surface area contributed by atoms with Gasteiger partial charge in [-0.25, -0.2) is 8.78 Å². The van der Waals surface area contributed by atoms with Gasteiger partial charge in [-0.1, -0.05) is 36.4 Å². The SMILES string of the molecule is C[C@H](C(=O)Nc1cc(F)ccc1F)N(C)Cc1ccc2ccccc2c1. The average molecular weight is 354 g/mol. The van der Waals surface area contributed by atoms with Gasteiger partial charge < -0.3 is 5.32 Å². The summed E-state index contributed by atoms with van der Waals surface area (Å²) in [5, 5.41) is 4.75. The first-order chi connectivity index (χ1) is 12.4. The maximum absolute atomic E-state index is 13.7. The zero-order valence-electron chi connectivity index (χ0n) is 14.7. The van der Waals surface area contributed by atoms with Crippen molar-refractivity contribution in [3.63, 3.8) is 0 Å². The van der Waals surface area contributed by atoms with E-state index in [1.54, 1.807) is 6.92 Å². The van der Waals surface area contributed by atoms with E-state index in [0.717, 1.165) is 34.5 Å². The third kappa shape index (κ3) is 4.06. The quantitative estimate of drug-likeness (QED) is 0.727. The Kier molecular flexibility index (Phi) is 5.28. The van der Waals surface area contributed by atoms with Gasteiger partial charge in [0.05, 0.1) is 11.7 Å². The van der Waals surface area contributed by atoms with Crippen molar-refractivity contribution in [3.05, 3.63) is 77.9 Å². The van der Waals surface area contributed by atoms with Gasteiger partial charge in [0.1, 0.15) is 11.6 Å². The molecule has 0 aliphatic carbocycles. The number of hydrogen-bond donors (Lipinski definition) is 1. The van der Waals surface area contributed by atoms with Crippen molar-refractivity contribution in [1.82, 2.24) is 4.90 Å². The van der Waals surface area contributed by atoms with Gasteiger partial charge in [-0.3, -0.25) is 9.69 Å². The number of halogens is 2. The van der Waals surface area contributed by atoms with Crippen LogP contribution < -0.4 is 5.32 Å². The van der Waals surface area contributed by atoms with E-state index in [2.05, 4.69) is 11.4 Å². The molecule has 0 spiro atoms. The van der Waals surface area contributed by atoms with E-state index in [0.29, 0.717) is 6.54 Å². The fraction of sp³-hybridized carbons (Fsp3) is 0.190. The Bertz CT molecular complexity index is 942. The minimum Gasteiger partial charge on any atom is -0.322 e. The molecule has 0 aliphatic heterocycles. The molecule has 26 heavy (non-hydrogen) atoms. The summed E-state index contributed by atoms with van der Waals surface area (Å²) in [6.07, 6.45) is 0. The van der Waals surface area contributed by atoms with Gasteiger partial charge in [0.2, 0.25) is 5.91 Å². The Labute approximate surface area is 151 Å². The maximum atomic E-state index is 13.7. The zero-order valence-corrected chi connectivity index (χ0v) is 14.7. The van der Waals surface area contributed by atoms with Crippen LogP contribution in [0.5, 0.6) is 0 Å². The average Bonchev–Trinajstić information content (AvgIpc) is 2.64. The van der Waals surface area contributed by atoms with Crippen LogP contribution in [0.15, 0.2) is 60.7 Å². The molecule has 0 saturated carbocycles. The van der Waals surface area contributed by atoms with Gasteiger partial charge in [-0.05, 0) is 48.5 Å². The summed E-state index contributed by atoms with van der Waals surface area (Å²) in [4.78, 5) is 14.2. The predicted molar refractivity (Wildman–Crippen MR) is 99.9 cm³/mol. The van der Waals surface area contributed by atoms with Crippen molar-refractivity contribution in [2.75, 3.05) is 12.4 Å². The largest absolute Gasteiger partial charge is 0.322 e. The molecule has 3 rings (SSSR count). The zero-order chi connectivity index (χ0) is 18.7. The van der Waals surface area contributed by atoms with Gasteiger partial charge in [0.25, 0.3) is 0 Å². The second kappa shape index (κ2) is 7.62. The van der Waals surface area contributed by atoms with Gasteiger partial charge >= 0.3 is 0 Å². The lowest BCUT2D eigenvalue weighted by Gasteiger charge is -2.24. The number of benzene rings is 3. The number of carbonyl (C=O) groups is 1. The number of carbonyl (C=O) groups excluding carboxylic acids is 1. The molecule has 0 aliphatic rings. The predicted octanol–water partition coefficient (Wildman–Crippen LogP) is 4.58. The van der Waals surface area contributed by atoms with E-state index in [9.17, 15) is 13.6 Å². The van der Waals surface area contributed by atoms with Crippen LogP contribution in [0.4, 0.5) is 14.5 Å². The van der Waals surface area contributed by atoms with Crippen molar-refractivity contribution in [2.45, 2.75) is 19.5 Å². The molecule has 0 unspecified atom stereocenters. The van der Waals surface area contributed by atoms with E-state index in [4.69, 9.17) is 0 Å². The first-order valence-electron chi connectivity index (χ1n) is 8.38. The lowest BCUT2D eigenvalue weighted by molar-refractivity contribution is -0.120. The Morgan fingerprint density at radius 2 is 1.77 bits per heavy atom. The molecule has 1 amide bonds. The molecule has 0 bridgehead atoms. The van der Waals surface area contributed by atoms with Crippen LogP contribution in [0.25, 0.3) is 10.8 Å². The first-order valence-corrected chi connectivity index (χ1v) is 8.38. The van der Waals surface area contributed by atoms with Crippen LogP contribution in [-0.2, 0) is 11.3 Å². The van der Waals surface area contributed by atoms with Crippen LogP contribution in [0.3, 0.4) is 0 Å². The maximum Gasteiger partial charge on any atom is 0.241 e. The van der Waals surface area contributed by atoms with Crippen LogP contribution in [0, 0.1) is 11.6 Å². The van der Waals surface area contributed by atoms with Crippen LogP contribution >= 0.6 is 0 Å². The van der Waals surface area contributed by atoms with Crippen molar-refractivity contribution >= 4 is 22.4 Å². The molecular formula is C21H20F2N2O. The highest BCUT2D eigenvalue weighted by Gasteiger charge is 2.19. The molecule has 0 aromatic heterocycles. The normalized spacial score (nSPS) is 12.3. The third-order valence-corrected chi connectivity index (χ3v) is 4.47. The fourth-order valence-corrected chi connectivity index (χ4v) is 2.79. The summed E-state index contributed by atoms with van der Waals surface area (Å²) in [5.41, 5.74) is 0.920. The molecule has 3 aromatic carbocycles. The van der Waals surface area contributed by atoms with Crippen LogP contribution in [-0.4, -0.2) is 23.9 Å². The second-order valence-corrected chi connectivity index (χ2v) is 6.39. The van der Waals surface area contributed by atoms with Crippen molar-refractivity contribution in [1.29, 1.82) is 0 Å². The van der Waals surface area contributed by atoms with E-state index >= 15 is 0 Å². The molecule has 1 atom stereocenters. The molecule has 1 N–H and O–H groups in total. The van der Waals surface area contributed by atoms with Gasteiger partial charge in [-0.2, -0.15) is 0 Å². The molecule has 0 fully saturated rings. The monoisotopic (exact) mass is 354 g/mol. The fourth-order valence-electron chi connectivity index (χ4n) is 2.79. The molecule has 3 aromatic rings. The summed E-state index contributed by atoms with van der Waals surface area (Å²) in [6, 6.07) is 16.7. The van der Waals surface area contributed by atoms with Gasteiger partial charge in [0.15, 0.2) is 0 Å². The topological polar surface area (TPSA) is 32.3 Å². The Hall–Kier alpha value is -2.79. The minimum absolute atomic E-state index is 0.152.